The van der Waals surface area contributed by atoms with E-state index in [0.29, 0.717) is 10.6 Å². The lowest BCUT2D eigenvalue weighted by Crippen LogP contribution is -2.47. The van der Waals surface area contributed by atoms with Crippen molar-refractivity contribution in [3.63, 3.8) is 0 Å². The second-order valence-electron chi connectivity index (χ2n) is 5.77. The fourth-order valence-electron chi connectivity index (χ4n) is 2.93. The van der Waals surface area contributed by atoms with Crippen LogP contribution in [-0.2, 0) is 0 Å². The van der Waals surface area contributed by atoms with Crippen LogP contribution in [0.3, 0.4) is 0 Å². The van der Waals surface area contributed by atoms with Gasteiger partial charge in [-0.25, -0.2) is 0 Å². The molecule has 0 spiro atoms. The molecule has 1 aliphatic rings. The van der Waals surface area contributed by atoms with Gasteiger partial charge in [0.15, 0.2) is 11.5 Å². The van der Waals surface area contributed by atoms with Gasteiger partial charge in [-0.3, -0.25) is 4.79 Å². The molecule has 26 heavy (non-hydrogen) atoms. The average Bonchev–Trinajstić information content (AvgIpc) is 2.59. The first-order valence-corrected chi connectivity index (χ1v) is 7.99. The van der Waals surface area contributed by atoms with Gasteiger partial charge in [-0.05, 0) is 25.1 Å². The van der Waals surface area contributed by atoms with Crippen molar-refractivity contribution in [2.24, 2.45) is 0 Å². The van der Waals surface area contributed by atoms with E-state index in [2.05, 4.69) is 5.32 Å². The number of ether oxygens (including phenoxy) is 1. The Hall–Kier alpha value is -2.90. The molecule has 2 N–H and O–H groups in total. The molecule has 2 aromatic carbocycles. The van der Waals surface area contributed by atoms with Gasteiger partial charge in [-0.1, -0.05) is 24.3 Å². The molecule has 0 aliphatic carbocycles. The molecular formula is C18H17F3N2O3. The lowest BCUT2D eigenvalue weighted by Gasteiger charge is -2.38. The lowest BCUT2D eigenvalue weighted by atomic mass is 10.0. The third-order valence-corrected chi connectivity index (χ3v) is 4.00. The van der Waals surface area contributed by atoms with Crippen LogP contribution < -0.4 is 10.1 Å². The number of hydrogen-bond donors (Lipinski definition) is 2. The predicted molar refractivity (Wildman–Crippen MR) is 89.2 cm³/mol. The van der Waals surface area contributed by atoms with Crippen molar-refractivity contribution < 1.29 is 27.8 Å². The monoisotopic (exact) mass is 366 g/mol. The number of phenolic OH excluding ortho intramolecular Hbond substituents is 1. The number of benzene rings is 2. The van der Waals surface area contributed by atoms with Crippen LogP contribution in [0.25, 0.3) is 0 Å². The summed E-state index contributed by atoms with van der Waals surface area (Å²) in [6.07, 6.45) is -5.77. The Balaban J connectivity index is 2.08. The maximum atomic E-state index is 13.1. The fourth-order valence-corrected chi connectivity index (χ4v) is 2.93. The number of alkyl halides is 3. The summed E-state index contributed by atoms with van der Waals surface area (Å²) in [7, 11) is 0. The summed E-state index contributed by atoms with van der Waals surface area (Å²) in [5.41, 5.74) is 0.679. The first-order valence-electron chi connectivity index (χ1n) is 7.99. The zero-order valence-electron chi connectivity index (χ0n) is 13.9. The molecule has 138 valence electrons. The largest absolute Gasteiger partial charge is 0.504 e. The highest BCUT2D eigenvalue weighted by molar-refractivity contribution is 6.01. The van der Waals surface area contributed by atoms with Crippen LogP contribution in [0.1, 0.15) is 29.0 Å². The SMILES string of the molecule is CCOc1cccc([C@H]2Nc3ccccc3C(=O)N2CC(F)(F)F)c1O. The summed E-state index contributed by atoms with van der Waals surface area (Å²) < 4.78 is 44.5. The minimum absolute atomic E-state index is 0.128. The topological polar surface area (TPSA) is 61.8 Å². The van der Waals surface area contributed by atoms with Gasteiger partial charge in [-0.2, -0.15) is 13.2 Å². The highest BCUT2D eigenvalue weighted by Crippen LogP contribution is 2.41. The van der Waals surface area contributed by atoms with E-state index in [4.69, 9.17) is 4.74 Å². The van der Waals surface area contributed by atoms with Gasteiger partial charge < -0.3 is 20.1 Å². The number of halogens is 3. The maximum absolute atomic E-state index is 13.1. The van der Waals surface area contributed by atoms with E-state index in [0.717, 1.165) is 0 Å². The zero-order chi connectivity index (χ0) is 18.9. The third kappa shape index (κ3) is 3.40. The van der Waals surface area contributed by atoms with Crippen LogP contribution in [0.5, 0.6) is 11.5 Å². The van der Waals surface area contributed by atoms with E-state index < -0.39 is 24.8 Å². The Morgan fingerprint density at radius 1 is 1.19 bits per heavy atom. The number of phenols is 1. The van der Waals surface area contributed by atoms with Gasteiger partial charge in [0.1, 0.15) is 12.7 Å². The van der Waals surface area contributed by atoms with Gasteiger partial charge in [0.2, 0.25) is 0 Å². The van der Waals surface area contributed by atoms with Crippen molar-refractivity contribution in [3.8, 4) is 11.5 Å². The van der Waals surface area contributed by atoms with Crippen molar-refractivity contribution >= 4 is 11.6 Å². The van der Waals surface area contributed by atoms with Crippen molar-refractivity contribution in [2.75, 3.05) is 18.5 Å². The van der Waals surface area contributed by atoms with E-state index in [9.17, 15) is 23.1 Å². The number of hydrogen-bond acceptors (Lipinski definition) is 4. The first-order chi connectivity index (χ1) is 12.3. The summed E-state index contributed by atoms with van der Waals surface area (Å²) in [6.45, 7) is 0.556. The number of para-hydroxylation sites is 2. The molecule has 1 aliphatic heterocycles. The Kier molecular flexibility index (Phi) is 4.67. The highest BCUT2D eigenvalue weighted by atomic mass is 19.4. The highest BCUT2D eigenvalue weighted by Gasteiger charge is 2.41. The standard InChI is InChI=1S/C18H17F3N2O3/c1-2-26-14-9-5-7-12(15(14)24)16-22-13-8-4-3-6-11(13)17(25)23(16)10-18(19,20)21/h3-9,16,22,24H,2,10H2,1H3/t16-/m0/s1. The Morgan fingerprint density at radius 3 is 2.62 bits per heavy atom. The number of aromatic hydroxyl groups is 1. The molecule has 1 atom stereocenters. The third-order valence-electron chi connectivity index (χ3n) is 4.00. The fraction of sp³-hybridized carbons (Fsp3) is 0.278. The Morgan fingerprint density at radius 2 is 1.92 bits per heavy atom. The van der Waals surface area contributed by atoms with Crippen LogP contribution in [0, 0.1) is 0 Å². The van der Waals surface area contributed by atoms with Gasteiger partial charge >= 0.3 is 6.18 Å². The molecule has 0 bridgehead atoms. The van der Waals surface area contributed by atoms with E-state index >= 15 is 0 Å². The average molecular weight is 366 g/mol. The van der Waals surface area contributed by atoms with Gasteiger partial charge in [0.05, 0.1) is 12.2 Å². The molecular weight excluding hydrogens is 349 g/mol. The van der Waals surface area contributed by atoms with Crippen LogP contribution in [-0.4, -0.2) is 35.2 Å². The number of carbonyl (C=O) groups excluding carboxylic acids is 1. The van der Waals surface area contributed by atoms with Crippen molar-refractivity contribution in [2.45, 2.75) is 19.3 Å². The van der Waals surface area contributed by atoms with Crippen molar-refractivity contribution in [1.82, 2.24) is 4.90 Å². The molecule has 0 aromatic heterocycles. The number of carbonyl (C=O) groups is 1. The molecule has 0 saturated heterocycles. The summed E-state index contributed by atoms with van der Waals surface area (Å²) in [4.78, 5) is 13.3. The maximum Gasteiger partial charge on any atom is 0.406 e. The van der Waals surface area contributed by atoms with E-state index in [-0.39, 0.29) is 29.2 Å². The van der Waals surface area contributed by atoms with E-state index in [1.807, 2.05) is 0 Å². The molecule has 3 rings (SSSR count). The number of nitrogens with zero attached hydrogens (tertiary/aromatic N) is 1. The van der Waals surface area contributed by atoms with Crippen molar-refractivity contribution in [1.29, 1.82) is 0 Å². The molecule has 0 radical (unpaired) electrons. The number of amides is 1. The summed E-state index contributed by atoms with van der Waals surface area (Å²) in [5, 5.41) is 13.4. The van der Waals surface area contributed by atoms with E-state index in [1.54, 1.807) is 31.2 Å². The van der Waals surface area contributed by atoms with Crippen LogP contribution in [0.2, 0.25) is 0 Å². The molecule has 0 unspecified atom stereocenters. The molecule has 1 amide bonds. The van der Waals surface area contributed by atoms with Gasteiger partial charge in [0.25, 0.3) is 5.91 Å². The summed E-state index contributed by atoms with van der Waals surface area (Å²) in [5.74, 6) is -0.917. The molecule has 8 heteroatoms. The normalized spacial score (nSPS) is 16.8. The minimum atomic E-state index is -4.59. The number of fused-ring (bicyclic) bond motifs is 1. The smallest absolute Gasteiger partial charge is 0.406 e. The molecule has 2 aromatic rings. The molecule has 0 fully saturated rings. The van der Waals surface area contributed by atoms with Gasteiger partial charge in [0, 0.05) is 11.3 Å². The molecule has 5 nitrogen and oxygen atoms in total. The van der Waals surface area contributed by atoms with Crippen molar-refractivity contribution in [3.05, 3.63) is 53.6 Å². The van der Waals surface area contributed by atoms with E-state index in [1.165, 1.54) is 18.2 Å². The Labute approximate surface area is 148 Å². The Bertz CT molecular complexity index is 824. The second-order valence-corrected chi connectivity index (χ2v) is 5.77. The van der Waals surface area contributed by atoms with Gasteiger partial charge in [-0.15, -0.1) is 0 Å². The molecule has 1 heterocycles. The van der Waals surface area contributed by atoms with Crippen LogP contribution in [0.15, 0.2) is 42.5 Å². The number of nitrogens with one attached hydrogen (secondary N) is 1. The lowest BCUT2D eigenvalue weighted by molar-refractivity contribution is -0.144. The number of rotatable bonds is 4. The van der Waals surface area contributed by atoms with Crippen LogP contribution >= 0.6 is 0 Å². The predicted octanol–water partition coefficient (Wildman–Crippen LogP) is 3.92. The quantitative estimate of drug-likeness (QED) is 0.861. The second kappa shape index (κ2) is 6.78. The summed E-state index contributed by atoms with van der Waals surface area (Å²) in [6, 6.07) is 10.8. The summed E-state index contributed by atoms with van der Waals surface area (Å²) >= 11 is 0. The first kappa shape index (κ1) is 17.9. The minimum Gasteiger partial charge on any atom is -0.504 e. The molecule has 0 saturated carbocycles. The van der Waals surface area contributed by atoms with Crippen LogP contribution in [0.4, 0.5) is 18.9 Å². The zero-order valence-corrected chi connectivity index (χ0v) is 13.9. The number of anilines is 1.